The molecule has 0 radical (unpaired) electrons. The number of carbonyl (C=O) groups is 2. The molecule has 0 bridgehead atoms. The second-order valence-electron chi connectivity index (χ2n) is 6.85. The molecule has 2 amide bonds. The molecular weight excluding hydrogens is 308 g/mol. The molecule has 3 heterocycles. The number of nitrogens with two attached hydrogens (primary N) is 1. The van der Waals surface area contributed by atoms with Crippen LogP contribution >= 0.6 is 0 Å². The predicted molar refractivity (Wildman–Crippen MR) is 88.5 cm³/mol. The number of primary amides is 1. The van der Waals surface area contributed by atoms with Crippen molar-refractivity contribution in [3.05, 3.63) is 23.2 Å². The maximum Gasteiger partial charge on any atom is 0.289 e. The van der Waals surface area contributed by atoms with Crippen LogP contribution in [-0.2, 0) is 16.0 Å². The van der Waals surface area contributed by atoms with E-state index in [0.29, 0.717) is 31.2 Å². The maximum atomic E-state index is 12.7. The first-order chi connectivity index (χ1) is 11.5. The zero-order chi connectivity index (χ0) is 17.3. The van der Waals surface area contributed by atoms with Gasteiger partial charge in [-0.15, -0.1) is 0 Å². The van der Waals surface area contributed by atoms with Gasteiger partial charge in [0.05, 0.1) is 6.10 Å². The minimum atomic E-state index is -0.437. The van der Waals surface area contributed by atoms with Crippen molar-refractivity contribution < 1.29 is 18.7 Å². The molecule has 2 aliphatic rings. The van der Waals surface area contributed by atoms with Gasteiger partial charge in [0.25, 0.3) is 5.91 Å². The molecule has 0 saturated carbocycles. The smallest absolute Gasteiger partial charge is 0.289 e. The van der Waals surface area contributed by atoms with Gasteiger partial charge < -0.3 is 19.8 Å². The van der Waals surface area contributed by atoms with Gasteiger partial charge in [0.15, 0.2) is 5.76 Å². The summed E-state index contributed by atoms with van der Waals surface area (Å²) < 4.78 is 11.5. The summed E-state index contributed by atoms with van der Waals surface area (Å²) >= 11 is 0. The number of piperidine rings is 1. The molecule has 6 nitrogen and oxygen atoms in total. The fourth-order valence-corrected chi connectivity index (χ4v) is 3.77. The summed E-state index contributed by atoms with van der Waals surface area (Å²) in [5, 5.41) is 0. The number of likely N-dealkylation sites (tertiary alicyclic amines) is 1. The average molecular weight is 334 g/mol. The highest BCUT2D eigenvalue weighted by Crippen LogP contribution is 2.32. The number of nitrogens with zero attached hydrogens (tertiary/aromatic N) is 1. The fourth-order valence-electron chi connectivity index (χ4n) is 3.77. The Morgan fingerprint density at radius 1 is 1.25 bits per heavy atom. The molecule has 2 aliphatic heterocycles. The van der Waals surface area contributed by atoms with E-state index in [1.165, 1.54) is 0 Å². The van der Waals surface area contributed by atoms with Crippen molar-refractivity contribution in [2.24, 2.45) is 11.7 Å². The van der Waals surface area contributed by atoms with Gasteiger partial charge in [-0.2, -0.15) is 0 Å². The van der Waals surface area contributed by atoms with Crippen molar-refractivity contribution in [1.82, 2.24) is 4.90 Å². The Hall–Kier alpha value is -1.82. The number of carbonyl (C=O) groups excluding carboxylic acids is 2. The van der Waals surface area contributed by atoms with E-state index in [0.717, 1.165) is 37.0 Å². The van der Waals surface area contributed by atoms with E-state index < -0.39 is 6.10 Å². The van der Waals surface area contributed by atoms with Crippen LogP contribution in [0.1, 0.15) is 54.5 Å². The van der Waals surface area contributed by atoms with Crippen LogP contribution in [0.3, 0.4) is 0 Å². The lowest BCUT2D eigenvalue weighted by Gasteiger charge is -2.34. The van der Waals surface area contributed by atoms with Crippen molar-refractivity contribution in [3.63, 3.8) is 0 Å². The molecule has 0 aromatic carbocycles. The number of furan rings is 1. The number of ether oxygens (including phenoxy) is 1. The molecule has 0 aliphatic carbocycles. The SMILES string of the molecule is CCc1cc(C)c(C(=O)N2CCC([C@@H]3CC[C@H](C(N)=O)O3)CC2)o1. The van der Waals surface area contributed by atoms with Crippen LogP contribution in [0, 0.1) is 12.8 Å². The van der Waals surface area contributed by atoms with E-state index in [2.05, 4.69) is 0 Å². The lowest BCUT2D eigenvalue weighted by atomic mass is 9.89. The molecule has 1 aromatic heterocycles. The van der Waals surface area contributed by atoms with Crippen molar-refractivity contribution >= 4 is 11.8 Å². The largest absolute Gasteiger partial charge is 0.456 e. The summed E-state index contributed by atoms with van der Waals surface area (Å²) in [6.45, 7) is 5.33. The van der Waals surface area contributed by atoms with Crippen molar-refractivity contribution in [2.75, 3.05) is 13.1 Å². The van der Waals surface area contributed by atoms with Crippen molar-refractivity contribution in [3.8, 4) is 0 Å². The van der Waals surface area contributed by atoms with Gasteiger partial charge in [-0.25, -0.2) is 0 Å². The highest BCUT2D eigenvalue weighted by molar-refractivity contribution is 5.93. The topological polar surface area (TPSA) is 85.8 Å². The molecule has 2 saturated heterocycles. The molecule has 0 spiro atoms. The zero-order valence-electron chi connectivity index (χ0n) is 14.4. The van der Waals surface area contributed by atoms with Gasteiger partial charge in [-0.3, -0.25) is 9.59 Å². The molecule has 24 heavy (non-hydrogen) atoms. The lowest BCUT2D eigenvalue weighted by Crippen LogP contribution is -2.41. The molecule has 6 heteroatoms. The van der Waals surface area contributed by atoms with Crippen LogP contribution in [0.15, 0.2) is 10.5 Å². The standard InChI is InChI=1S/C18H26N2O4/c1-3-13-10-11(2)16(23-13)18(22)20-8-6-12(7-9-20)14-4-5-15(24-14)17(19)21/h10,12,14-15H,3-9H2,1-2H3,(H2,19,21)/t14-,15+/m0/s1. The second-order valence-corrected chi connectivity index (χ2v) is 6.85. The van der Waals surface area contributed by atoms with Gasteiger partial charge in [0.1, 0.15) is 11.9 Å². The van der Waals surface area contributed by atoms with Gasteiger partial charge in [-0.1, -0.05) is 6.92 Å². The van der Waals surface area contributed by atoms with Crippen LogP contribution in [0.5, 0.6) is 0 Å². The van der Waals surface area contributed by atoms with Gasteiger partial charge in [-0.05, 0) is 44.6 Å². The van der Waals surface area contributed by atoms with E-state index in [-0.39, 0.29) is 17.9 Å². The summed E-state index contributed by atoms with van der Waals surface area (Å²) in [6, 6.07) is 1.94. The molecule has 132 valence electrons. The highest BCUT2D eigenvalue weighted by Gasteiger charge is 2.37. The molecule has 3 rings (SSSR count). The zero-order valence-corrected chi connectivity index (χ0v) is 14.4. The average Bonchev–Trinajstić information content (AvgIpc) is 3.21. The summed E-state index contributed by atoms with van der Waals surface area (Å²) in [5.74, 6) is 1.32. The van der Waals surface area contributed by atoms with Crippen LogP contribution in [-0.4, -0.2) is 42.0 Å². The second kappa shape index (κ2) is 6.97. The Balaban J connectivity index is 1.56. The van der Waals surface area contributed by atoms with Crippen molar-refractivity contribution in [2.45, 2.75) is 58.2 Å². The van der Waals surface area contributed by atoms with Gasteiger partial charge >= 0.3 is 0 Å². The van der Waals surface area contributed by atoms with Gasteiger partial charge in [0.2, 0.25) is 5.91 Å². The number of hydrogen-bond donors (Lipinski definition) is 1. The summed E-state index contributed by atoms with van der Waals surface area (Å²) in [7, 11) is 0. The lowest BCUT2D eigenvalue weighted by molar-refractivity contribution is -0.130. The van der Waals surface area contributed by atoms with Crippen LogP contribution < -0.4 is 5.73 Å². The van der Waals surface area contributed by atoms with E-state index >= 15 is 0 Å². The molecule has 2 fully saturated rings. The number of rotatable bonds is 4. The van der Waals surface area contributed by atoms with E-state index in [4.69, 9.17) is 14.9 Å². The molecule has 0 unspecified atom stereocenters. The molecular formula is C18H26N2O4. The summed E-state index contributed by atoms with van der Waals surface area (Å²) in [6.07, 6.45) is 3.82. The predicted octanol–water partition coefficient (Wildman–Crippen LogP) is 2.04. The van der Waals surface area contributed by atoms with E-state index in [1.54, 1.807) is 0 Å². The highest BCUT2D eigenvalue weighted by atomic mass is 16.5. The van der Waals surface area contributed by atoms with Crippen LogP contribution in [0.4, 0.5) is 0 Å². The van der Waals surface area contributed by atoms with Gasteiger partial charge in [0, 0.05) is 25.1 Å². The Bertz CT molecular complexity index is 617. The maximum absolute atomic E-state index is 12.7. The minimum Gasteiger partial charge on any atom is -0.456 e. The number of amides is 2. The molecule has 1 aromatic rings. The minimum absolute atomic E-state index is 0.0204. The third kappa shape index (κ3) is 3.34. The number of aryl methyl sites for hydroxylation is 2. The summed E-state index contributed by atoms with van der Waals surface area (Å²) in [5.41, 5.74) is 6.22. The van der Waals surface area contributed by atoms with E-state index in [9.17, 15) is 9.59 Å². The first kappa shape index (κ1) is 17.0. The monoisotopic (exact) mass is 334 g/mol. The third-order valence-corrected chi connectivity index (χ3v) is 5.23. The normalized spacial score (nSPS) is 25.2. The molecule has 2 atom stereocenters. The first-order valence-corrected chi connectivity index (χ1v) is 8.83. The molecule has 2 N–H and O–H groups in total. The summed E-state index contributed by atoms with van der Waals surface area (Å²) in [4.78, 5) is 25.7. The Morgan fingerprint density at radius 3 is 2.50 bits per heavy atom. The number of hydrogen-bond acceptors (Lipinski definition) is 4. The quantitative estimate of drug-likeness (QED) is 0.913. The first-order valence-electron chi connectivity index (χ1n) is 8.83. The third-order valence-electron chi connectivity index (χ3n) is 5.23. The fraction of sp³-hybridized carbons (Fsp3) is 0.667. The Labute approximate surface area is 142 Å². The van der Waals surface area contributed by atoms with Crippen LogP contribution in [0.2, 0.25) is 0 Å². The Morgan fingerprint density at radius 2 is 1.96 bits per heavy atom. The van der Waals surface area contributed by atoms with E-state index in [1.807, 2.05) is 24.8 Å². The van der Waals surface area contributed by atoms with Crippen molar-refractivity contribution in [1.29, 1.82) is 0 Å². The van der Waals surface area contributed by atoms with Crippen LogP contribution in [0.25, 0.3) is 0 Å². The Kier molecular flexibility index (Phi) is 4.94.